The number of urea groups is 1. The number of carboxylic acids is 4. The number of nitrogens with one attached hydrogen (secondary N) is 12. The van der Waals surface area contributed by atoms with E-state index in [4.69, 9.17) is 5.73 Å². The number of aliphatic carboxylic acids is 4. The molecule has 0 bridgehead atoms. The highest BCUT2D eigenvalue weighted by Crippen LogP contribution is 2.24. The van der Waals surface area contributed by atoms with Gasteiger partial charge in [0, 0.05) is 32.6 Å². The Bertz CT molecular complexity index is 2860. The van der Waals surface area contributed by atoms with Crippen LogP contribution in [-0.2, 0) is 76.7 Å². The van der Waals surface area contributed by atoms with Crippen molar-refractivity contribution in [1.82, 2.24) is 73.6 Å². The monoisotopic (exact) mass is 1410 g/mol. The predicted molar refractivity (Wildman–Crippen MR) is 350 cm³/mol. The fraction of sp³-hybridized carbons (Fsp3) is 0.730. The summed E-state index contributed by atoms with van der Waals surface area (Å²) in [4.78, 5) is 233. The molecule has 0 aromatic rings. The van der Waals surface area contributed by atoms with Gasteiger partial charge in [-0.2, -0.15) is 0 Å². The van der Waals surface area contributed by atoms with E-state index < -0.39 is 211 Å². The molecule has 3 aliphatic heterocycles. The van der Waals surface area contributed by atoms with Crippen LogP contribution in [0.1, 0.15) is 176 Å². The lowest BCUT2D eigenvalue weighted by Crippen LogP contribution is -2.66. The smallest absolute Gasteiger partial charge is 0.315 e. The van der Waals surface area contributed by atoms with Crippen molar-refractivity contribution in [2.75, 3.05) is 39.3 Å². The number of unbranched alkanes of at least 4 members (excludes halogenated alkanes) is 11. The molecule has 18 N–H and O–H groups in total. The van der Waals surface area contributed by atoms with Crippen molar-refractivity contribution >= 4 is 101 Å². The minimum absolute atomic E-state index is 0.0157. The number of carbonyl (C=O) groups is 17. The topological polar surface area (TPSA) is 548 Å². The summed E-state index contributed by atoms with van der Waals surface area (Å²) in [6, 6.07) is -20.1. The zero-order valence-corrected chi connectivity index (χ0v) is 57.3. The zero-order chi connectivity index (χ0) is 74.1. The van der Waals surface area contributed by atoms with Crippen LogP contribution in [0.4, 0.5) is 4.79 Å². The average Bonchev–Trinajstić information content (AvgIpc) is 1.79. The third-order valence-corrected chi connectivity index (χ3v) is 17.1. The van der Waals surface area contributed by atoms with E-state index in [9.17, 15) is 97.1 Å². The van der Waals surface area contributed by atoms with Gasteiger partial charge in [0.15, 0.2) is 0 Å². The first-order valence-corrected chi connectivity index (χ1v) is 34.0. The van der Waals surface area contributed by atoms with E-state index in [0.29, 0.717) is 6.42 Å². The van der Waals surface area contributed by atoms with Crippen LogP contribution >= 0.6 is 0 Å². The lowest BCUT2D eigenvalue weighted by molar-refractivity contribution is -0.150. The van der Waals surface area contributed by atoms with E-state index in [1.807, 2.05) is 10.6 Å². The van der Waals surface area contributed by atoms with Gasteiger partial charge >= 0.3 is 29.9 Å². The highest BCUT2D eigenvalue weighted by atomic mass is 16.4. The Labute approximate surface area is 574 Å². The number of nitrogens with zero attached hydrogens (tertiary/aromatic N) is 2. The molecule has 0 aliphatic carbocycles. The third-order valence-electron chi connectivity index (χ3n) is 17.1. The normalized spacial score (nSPS) is 24.0. The van der Waals surface area contributed by atoms with Gasteiger partial charge in [0.05, 0.1) is 50.4 Å². The van der Waals surface area contributed by atoms with Crippen molar-refractivity contribution in [2.45, 2.75) is 243 Å². The highest BCUT2D eigenvalue weighted by molar-refractivity contribution is 6.01. The van der Waals surface area contributed by atoms with Gasteiger partial charge in [0.1, 0.15) is 54.4 Å². The maximum Gasteiger partial charge on any atom is 0.315 e. The molecule has 12 unspecified atom stereocenters. The number of piperidine rings is 1. The molecule has 12 atom stereocenters. The van der Waals surface area contributed by atoms with Gasteiger partial charge in [-0.05, 0) is 65.2 Å². The molecule has 14 amide bonds. The number of fused-ring (bicyclic) bond motifs is 2. The molecule has 0 saturated carbocycles. The van der Waals surface area contributed by atoms with Crippen molar-refractivity contribution in [3.05, 3.63) is 0 Å². The molecule has 0 aromatic carbocycles. The van der Waals surface area contributed by atoms with Crippen molar-refractivity contribution in [3.8, 4) is 0 Å². The predicted octanol–water partition coefficient (Wildman–Crippen LogP) is -2.96. The third kappa shape index (κ3) is 29.0. The minimum Gasteiger partial charge on any atom is -0.481 e. The maximum atomic E-state index is 15.3. The SMILES string of the molecule is CCCCCCCCCCCCCCNC(=O)NC(CC(=O)O)C(=O)NC1C(=O)N2CCCCC2C(=O)NC(C(C)C(=O)O)C(=O)NC(CC(=O)O)C(=O)NCC(=O)NC(CC(=O)O)C(=O)NCC(=O)NC(C(C)NC(=O)CCN)C(=O)NC(C(C)C)C(=O)N2CCCC2C(=O)NC1C. The zero-order valence-electron chi connectivity index (χ0n) is 57.3. The maximum absolute atomic E-state index is 15.3. The fourth-order valence-electron chi connectivity index (χ4n) is 11.6. The number of hydrogen-bond donors (Lipinski definition) is 17. The van der Waals surface area contributed by atoms with E-state index >= 15 is 4.79 Å². The molecule has 3 rings (SSSR count). The van der Waals surface area contributed by atoms with Crippen LogP contribution in [0.25, 0.3) is 0 Å². The van der Waals surface area contributed by atoms with E-state index in [1.165, 1.54) is 46.0 Å². The van der Waals surface area contributed by atoms with E-state index in [1.54, 1.807) is 13.8 Å². The quantitative estimate of drug-likeness (QED) is 0.0333. The number of carboxylic acid groups (broad SMARTS) is 4. The van der Waals surface area contributed by atoms with Gasteiger partial charge in [0.2, 0.25) is 70.9 Å². The summed E-state index contributed by atoms with van der Waals surface area (Å²) in [6.45, 7) is 6.30. The Morgan fingerprint density at radius 2 is 1.04 bits per heavy atom. The Hall–Kier alpha value is -9.25. The number of nitrogens with two attached hydrogens (primary N) is 1. The molecule has 3 heterocycles. The molecule has 556 valence electrons. The summed E-state index contributed by atoms with van der Waals surface area (Å²) < 4.78 is 0. The first-order chi connectivity index (χ1) is 46.8. The Balaban J connectivity index is 2.16. The Kier molecular flexibility index (Phi) is 36.7. The van der Waals surface area contributed by atoms with Crippen LogP contribution in [0.3, 0.4) is 0 Å². The molecular formula is C63H103N15O21. The van der Waals surface area contributed by atoms with Crippen molar-refractivity contribution in [1.29, 1.82) is 0 Å². The Morgan fingerprint density at radius 1 is 0.545 bits per heavy atom. The Morgan fingerprint density at radius 3 is 1.58 bits per heavy atom. The summed E-state index contributed by atoms with van der Waals surface area (Å²) in [5.74, 6) is -23.0. The van der Waals surface area contributed by atoms with Crippen LogP contribution in [0.5, 0.6) is 0 Å². The summed E-state index contributed by atoms with van der Waals surface area (Å²) in [7, 11) is 0. The van der Waals surface area contributed by atoms with Gasteiger partial charge in [0.25, 0.3) is 0 Å². The number of rotatable bonds is 29. The van der Waals surface area contributed by atoms with Crippen LogP contribution in [0, 0.1) is 11.8 Å². The second-order valence-electron chi connectivity index (χ2n) is 25.6. The van der Waals surface area contributed by atoms with E-state index in [0.717, 1.165) is 55.2 Å². The van der Waals surface area contributed by atoms with E-state index in [2.05, 4.69) is 60.1 Å². The molecule has 0 radical (unpaired) electrons. The van der Waals surface area contributed by atoms with Gasteiger partial charge < -0.3 is 99.8 Å². The second-order valence-corrected chi connectivity index (χ2v) is 25.6. The second kappa shape index (κ2) is 43.2. The summed E-state index contributed by atoms with van der Waals surface area (Å²) in [5, 5.41) is 67.6. The summed E-state index contributed by atoms with van der Waals surface area (Å²) in [5.41, 5.74) is 5.56. The van der Waals surface area contributed by atoms with Crippen LogP contribution in [0.15, 0.2) is 0 Å². The molecule has 0 aromatic heterocycles. The molecule has 36 nitrogen and oxygen atoms in total. The van der Waals surface area contributed by atoms with Gasteiger partial charge in [-0.25, -0.2) is 4.79 Å². The summed E-state index contributed by atoms with van der Waals surface area (Å²) >= 11 is 0. The van der Waals surface area contributed by atoms with Crippen LogP contribution in [0.2, 0.25) is 0 Å². The van der Waals surface area contributed by atoms with Crippen LogP contribution in [-0.4, -0.2) is 237 Å². The molecule has 3 saturated heterocycles. The fourth-order valence-corrected chi connectivity index (χ4v) is 11.6. The number of hydrogen-bond acceptors (Lipinski definition) is 18. The molecule has 36 heteroatoms. The molecule has 3 fully saturated rings. The highest BCUT2D eigenvalue weighted by Gasteiger charge is 2.45. The van der Waals surface area contributed by atoms with Crippen LogP contribution < -0.4 is 69.5 Å². The van der Waals surface area contributed by atoms with Crippen molar-refractivity contribution in [3.63, 3.8) is 0 Å². The first kappa shape index (κ1) is 84.0. The number of carbonyl (C=O) groups excluding carboxylic acids is 13. The molecule has 0 spiro atoms. The molecule has 3 aliphatic rings. The summed E-state index contributed by atoms with van der Waals surface area (Å²) in [6.07, 6.45) is 9.41. The molecule has 99 heavy (non-hydrogen) atoms. The van der Waals surface area contributed by atoms with E-state index in [-0.39, 0.29) is 64.7 Å². The first-order valence-electron chi connectivity index (χ1n) is 34.0. The van der Waals surface area contributed by atoms with Gasteiger partial charge in [-0.3, -0.25) is 76.7 Å². The largest absolute Gasteiger partial charge is 0.481 e. The van der Waals surface area contributed by atoms with Gasteiger partial charge in [-0.1, -0.05) is 91.4 Å². The lowest BCUT2D eigenvalue weighted by Gasteiger charge is -2.39. The average molecular weight is 1410 g/mol. The molecular weight excluding hydrogens is 1300 g/mol. The van der Waals surface area contributed by atoms with Crippen molar-refractivity contribution < 1.29 is 102 Å². The number of amides is 14. The lowest BCUT2D eigenvalue weighted by atomic mass is 9.96. The standard InChI is InChI=1S/C63H103N15O21/c1-7-8-9-10-11-12-13-14-15-16-17-19-26-65-63(99)72-40(31-48(86)87)55(90)76-52-37(6)69-56(91)42-23-21-28-78(42)60(95)49(34(2)3)74-59(94)51(36(5)68-43(79)24-25-64)73-45(81)33-67-53(88)38(29-46(82)83)70-44(80)32-66-54(89)39(30-47(84)85)71-58(93)50(35(4)62(97)98)75-57(92)41-22-18-20-27-77(41)61(52)96/h34-42,49-52H,7-33,64H2,1-6H3,(H,66,89)(H,67,88)(H,68,79)(H,69,91)(H,70,80)(H,71,93)(H,73,81)(H,74,94)(H,75,92)(H,76,90)(H,82,83)(H,84,85)(H,86,87)(H,97,98)(H2,65,72,99). The minimum atomic E-state index is -2.16. The van der Waals surface area contributed by atoms with Gasteiger partial charge in [-0.15, -0.1) is 0 Å². The van der Waals surface area contributed by atoms with Crippen molar-refractivity contribution in [2.24, 2.45) is 17.6 Å².